The Morgan fingerprint density at radius 2 is 1.73 bits per heavy atom. The fraction of sp³-hybridized carbons (Fsp3) is 0.381. The SMILES string of the molecule is Cc1nc(N2CCN(Cc3nnc(Cc4ccccc4)o3)CC2)c2cnn(C)c2n1. The molecule has 0 amide bonds. The molecule has 0 radical (unpaired) electrons. The van der Waals surface area contributed by atoms with E-state index in [0.29, 0.717) is 24.7 Å². The van der Waals surface area contributed by atoms with Gasteiger partial charge in [-0.2, -0.15) is 5.10 Å². The molecule has 0 atom stereocenters. The summed E-state index contributed by atoms with van der Waals surface area (Å²) in [6.07, 6.45) is 2.51. The van der Waals surface area contributed by atoms with Crippen LogP contribution in [-0.2, 0) is 20.0 Å². The van der Waals surface area contributed by atoms with Crippen LogP contribution in [0.1, 0.15) is 23.2 Å². The van der Waals surface area contributed by atoms with Crippen molar-refractivity contribution in [3.8, 4) is 0 Å². The van der Waals surface area contributed by atoms with Crippen LogP contribution in [0.15, 0.2) is 40.9 Å². The van der Waals surface area contributed by atoms with Gasteiger partial charge in [-0.25, -0.2) is 9.97 Å². The lowest BCUT2D eigenvalue weighted by molar-refractivity contribution is 0.224. The number of nitrogens with zero attached hydrogens (tertiary/aromatic N) is 8. The van der Waals surface area contributed by atoms with E-state index in [0.717, 1.165) is 48.9 Å². The van der Waals surface area contributed by atoms with Gasteiger partial charge in [0.25, 0.3) is 0 Å². The van der Waals surface area contributed by atoms with Crippen molar-refractivity contribution in [1.29, 1.82) is 0 Å². The Morgan fingerprint density at radius 3 is 2.53 bits per heavy atom. The smallest absolute Gasteiger partial charge is 0.230 e. The topological polar surface area (TPSA) is 89.0 Å². The maximum absolute atomic E-state index is 5.87. The van der Waals surface area contributed by atoms with Crippen LogP contribution in [-0.4, -0.2) is 61.0 Å². The Bertz CT molecular complexity index is 1140. The lowest BCUT2D eigenvalue weighted by Gasteiger charge is -2.34. The Morgan fingerprint density at radius 1 is 0.967 bits per heavy atom. The van der Waals surface area contributed by atoms with E-state index < -0.39 is 0 Å². The first-order valence-corrected chi connectivity index (χ1v) is 10.1. The van der Waals surface area contributed by atoms with Crippen molar-refractivity contribution in [2.45, 2.75) is 19.9 Å². The zero-order valence-electron chi connectivity index (χ0n) is 17.2. The van der Waals surface area contributed by atoms with Crippen molar-refractivity contribution in [3.05, 3.63) is 59.7 Å². The number of anilines is 1. The van der Waals surface area contributed by atoms with Gasteiger partial charge < -0.3 is 9.32 Å². The molecule has 1 saturated heterocycles. The second kappa shape index (κ2) is 7.83. The quantitative estimate of drug-likeness (QED) is 0.499. The third-order valence-electron chi connectivity index (χ3n) is 5.42. The average Bonchev–Trinajstić information content (AvgIpc) is 3.35. The largest absolute Gasteiger partial charge is 0.424 e. The predicted octanol–water partition coefficient (Wildman–Crippen LogP) is 1.97. The first-order chi connectivity index (χ1) is 14.7. The highest BCUT2D eigenvalue weighted by Gasteiger charge is 2.23. The first-order valence-electron chi connectivity index (χ1n) is 10.1. The van der Waals surface area contributed by atoms with E-state index in [1.807, 2.05) is 38.4 Å². The fourth-order valence-electron chi connectivity index (χ4n) is 3.86. The molecule has 1 aromatic carbocycles. The normalized spacial score (nSPS) is 15.2. The average molecular weight is 404 g/mol. The van der Waals surface area contributed by atoms with Gasteiger partial charge in [0.05, 0.1) is 24.5 Å². The predicted molar refractivity (Wildman–Crippen MR) is 112 cm³/mol. The number of benzene rings is 1. The molecule has 9 heteroatoms. The van der Waals surface area contributed by atoms with Crippen molar-refractivity contribution in [2.24, 2.45) is 7.05 Å². The molecule has 3 aromatic heterocycles. The highest BCUT2D eigenvalue weighted by molar-refractivity contribution is 5.87. The molecule has 1 aliphatic heterocycles. The summed E-state index contributed by atoms with van der Waals surface area (Å²) in [7, 11) is 1.91. The summed E-state index contributed by atoms with van der Waals surface area (Å²) in [6, 6.07) is 10.2. The molecule has 0 aliphatic carbocycles. The monoisotopic (exact) mass is 404 g/mol. The zero-order valence-corrected chi connectivity index (χ0v) is 17.2. The first kappa shape index (κ1) is 18.7. The number of hydrogen-bond acceptors (Lipinski definition) is 8. The number of hydrogen-bond donors (Lipinski definition) is 0. The lowest BCUT2D eigenvalue weighted by Crippen LogP contribution is -2.46. The summed E-state index contributed by atoms with van der Waals surface area (Å²) in [4.78, 5) is 13.9. The minimum Gasteiger partial charge on any atom is -0.424 e. The summed E-state index contributed by atoms with van der Waals surface area (Å²) in [5.74, 6) is 3.06. The highest BCUT2D eigenvalue weighted by atomic mass is 16.4. The van der Waals surface area contributed by atoms with Crippen molar-refractivity contribution in [3.63, 3.8) is 0 Å². The molecule has 4 heterocycles. The third kappa shape index (κ3) is 3.76. The van der Waals surface area contributed by atoms with E-state index in [-0.39, 0.29) is 0 Å². The van der Waals surface area contributed by atoms with Gasteiger partial charge in [-0.05, 0) is 12.5 Å². The van der Waals surface area contributed by atoms with Crippen LogP contribution in [0, 0.1) is 6.92 Å². The van der Waals surface area contributed by atoms with E-state index in [9.17, 15) is 0 Å². The van der Waals surface area contributed by atoms with Crippen LogP contribution < -0.4 is 4.90 Å². The third-order valence-corrected chi connectivity index (χ3v) is 5.42. The van der Waals surface area contributed by atoms with Gasteiger partial charge in [0, 0.05) is 33.2 Å². The van der Waals surface area contributed by atoms with Crippen LogP contribution in [0.3, 0.4) is 0 Å². The summed E-state index contributed by atoms with van der Waals surface area (Å²) in [5, 5.41) is 13.8. The van der Waals surface area contributed by atoms with Crippen molar-refractivity contribution in [1.82, 2.24) is 34.8 Å². The molecule has 0 N–H and O–H groups in total. The Hall–Kier alpha value is -3.33. The molecule has 1 aliphatic rings. The van der Waals surface area contributed by atoms with Crippen LogP contribution in [0.5, 0.6) is 0 Å². The fourth-order valence-corrected chi connectivity index (χ4v) is 3.86. The molecular weight excluding hydrogens is 380 g/mol. The zero-order chi connectivity index (χ0) is 20.5. The van der Waals surface area contributed by atoms with Gasteiger partial charge >= 0.3 is 0 Å². The molecule has 5 rings (SSSR count). The van der Waals surface area contributed by atoms with Crippen LogP contribution in [0.4, 0.5) is 5.82 Å². The van der Waals surface area contributed by atoms with Gasteiger partial charge in [0.2, 0.25) is 11.8 Å². The summed E-state index contributed by atoms with van der Waals surface area (Å²) < 4.78 is 7.67. The van der Waals surface area contributed by atoms with Gasteiger partial charge in [-0.3, -0.25) is 9.58 Å². The Labute approximate surface area is 174 Å². The van der Waals surface area contributed by atoms with Gasteiger partial charge in [-0.1, -0.05) is 30.3 Å². The number of fused-ring (bicyclic) bond motifs is 1. The molecule has 4 aromatic rings. The van der Waals surface area contributed by atoms with E-state index >= 15 is 0 Å². The Balaban J connectivity index is 1.22. The second-order valence-corrected chi connectivity index (χ2v) is 7.61. The summed E-state index contributed by atoms with van der Waals surface area (Å²) in [5.41, 5.74) is 2.04. The molecule has 9 nitrogen and oxygen atoms in total. The molecule has 30 heavy (non-hydrogen) atoms. The molecule has 0 saturated carbocycles. The number of piperazine rings is 1. The molecule has 1 fully saturated rings. The van der Waals surface area contributed by atoms with Crippen LogP contribution in [0.2, 0.25) is 0 Å². The van der Waals surface area contributed by atoms with Crippen molar-refractivity contribution >= 4 is 16.9 Å². The van der Waals surface area contributed by atoms with Crippen molar-refractivity contribution < 1.29 is 4.42 Å². The Kier molecular flexibility index (Phi) is 4.88. The van der Waals surface area contributed by atoms with Gasteiger partial charge in [0.15, 0.2) is 5.65 Å². The molecule has 0 bridgehead atoms. The number of rotatable bonds is 5. The van der Waals surface area contributed by atoms with E-state index in [1.165, 1.54) is 5.56 Å². The molecular formula is C21H24N8O. The molecule has 0 unspecified atom stereocenters. The minimum absolute atomic E-state index is 0.658. The highest BCUT2D eigenvalue weighted by Crippen LogP contribution is 2.24. The molecule has 154 valence electrons. The second-order valence-electron chi connectivity index (χ2n) is 7.61. The minimum atomic E-state index is 0.658. The molecule has 0 spiro atoms. The van der Waals surface area contributed by atoms with E-state index in [2.05, 4.69) is 42.2 Å². The number of aryl methyl sites for hydroxylation is 2. The van der Waals surface area contributed by atoms with Gasteiger partial charge in [0.1, 0.15) is 11.6 Å². The summed E-state index contributed by atoms with van der Waals surface area (Å²) >= 11 is 0. The van der Waals surface area contributed by atoms with Crippen molar-refractivity contribution in [2.75, 3.05) is 31.1 Å². The standard InChI is InChI=1S/C21H24N8O/c1-15-23-20-17(13-22-27(20)2)21(24-15)29-10-8-28(9-11-29)14-19-26-25-18(30-19)12-16-6-4-3-5-7-16/h3-7,13H,8-12,14H2,1-2H3. The lowest BCUT2D eigenvalue weighted by atomic mass is 10.2. The summed E-state index contributed by atoms with van der Waals surface area (Å²) in [6.45, 7) is 6.16. The maximum Gasteiger partial charge on any atom is 0.230 e. The van der Waals surface area contributed by atoms with E-state index in [1.54, 1.807) is 4.68 Å². The van der Waals surface area contributed by atoms with Crippen LogP contribution in [0.25, 0.3) is 11.0 Å². The number of aromatic nitrogens is 6. The van der Waals surface area contributed by atoms with Crippen LogP contribution >= 0.6 is 0 Å². The van der Waals surface area contributed by atoms with E-state index in [4.69, 9.17) is 9.40 Å². The maximum atomic E-state index is 5.87. The van der Waals surface area contributed by atoms with Gasteiger partial charge in [-0.15, -0.1) is 10.2 Å².